The topological polar surface area (TPSA) is 58.5 Å². The standard InChI is InChI=1S/C17H24N4OS/c1-12-16(23-13(2)21-12)11-20-17(18-3)19-9-8-14-6-5-7-15(10-14)22-4/h5-7,10H,8-9,11H2,1-4H3,(H2,18,19,20). The summed E-state index contributed by atoms with van der Waals surface area (Å²) >= 11 is 1.72. The number of thiazole rings is 1. The number of nitrogens with zero attached hydrogens (tertiary/aromatic N) is 2. The van der Waals surface area contributed by atoms with E-state index in [1.807, 2.05) is 26.0 Å². The number of benzene rings is 1. The third-order valence-electron chi connectivity index (χ3n) is 3.48. The van der Waals surface area contributed by atoms with Crippen LogP contribution >= 0.6 is 11.3 Å². The summed E-state index contributed by atoms with van der Waals surface area (Å²) in [5, 5.41) is 7.76. The monoisotopic (exact) mass is 332 g/mol. The van der Waals surface area contributed by atoms with E-state index in [0.717, 1.165) is 41.9 Å². The zero-order valence-corrected chi connectivity index (χ0v) is 15.0. The lowest BCUT2D eigenvalue weighted by atomic mass is 10.1. The first-order valence-electron chi connectivity index (χ1n) is 7.62. The summed E-state index contributed by atoms with van der Waals surface area (Å²) < 4.78 is 5.24. The van der Waals surface area contributed by atoms with Gasteiger partial charge in [0.05, 0.1) is 24.4 Å². The maximum atomic E-state index is 5.24. The fourth-order valence-electron chi connectivity index (χ4n) is 2.28. The van der Waals surface area contributed by atoms with Crippen LogP contribution in [0.2, 0.25) is 0 Å². The van der Waals surface area contributed by atoms with E-state index in [0.29, 0.717) is 0 Å². The summed E-state index contributed by atoms with van der Waals surface area (Å²) in [5.74, 6) is 1.69. The van der Waals surface area contributed by atoms with Gasteiger partial charge in [0.1, 0.15) is 5.75 Å². The van der Waals surface area contributed by atoms with Crippen molar-refractivity contribution >= 4 is 17.3 Å². The number of aromatic nitrogens is 1. The van der Waals surface area contributed by atoms with E-state index >= 15 is 0 Å². The van der Waals surface area contributed by atoms with E-state index in [-0.39, 0.29) is 0 Å². The second-order valence-electron chi connectivity index (χ2n) is 5.20. The summed E-state index contributed by atoms with van der Waals surface area (Å²) in [6.07, 6.45) is 0.913. The number of rotatable bonds is 6. The van der Waals surface area contributed by atoms with Gasteiger partial charge in [-0.25, -0.2) is 4.98 Å². The molecule has 124 valence electrons. The molecule has 0 aliphatic carbocycles. The number of guanidine groups is 1. The van der Waals surface area contributed by atoms with E-state index in [1.54, 1.807) is 25.5 Å². The van der Waals surface area contributed by atoms with Gasteiger partial charge >= 0.3 is 0 Å². The summed E-state index contributed by atoms with van der Waals surface area (Å²) in [5.41, 5.74) is 2.33. The van der Waals surface area contributed by atoms with E-state index < -0.39 is 0 Å². The normalized spacial score (nSPS) is 11.4. The van der Waals surface area contributed by atoms with E-state index in [2.05, 4.69) is 32.7 Å². The molecular weight excluding hydrogens is 308 g/mol. The van der Waals surface area contributed by atoms with Crippen LogP contribution in [0.4, 0.5) is 0 Å². The van der Waals surface area contributed by atoms with Crippen LogP contribution in [-0.2, 0) is 13.0 Å². The van der Waals surface area contributed by atoms with Crippen molar-refractivity contribution in [2.45, 2.75) is 26.8 Å². The van der Waals surface area contributed by atoms with Crippen molar-refractivity contribution in [1.29, 1.82) is 0 Å². The highest BCUT2D eigenvalue weighted by Gasteiger charge is 2.05. The molecule has 0 fully saturated rings. The Labute approximate surface area is 141 Å². The predicted octanol–water partition coefficient (Wildman–Crippen LogP) is 2.68. The Morgan fingerprint density at radius 1 is 1.30 bits per heavy atom. The highest BCUT2D eigenvalue weighted by molar-refractivity contribution is 7.11. The number of hydrogen-bond donors (Lipinski definition) is 2. The minimum absolute atomic E-state index is 0.746. The van der Waals surface area contributed by atoms with Gasteiger partial charge in [0, 0.05) is 18.5 Å². The molecule has 23 heavy (non-hydrogen) atoms. The Morgan fingerprint density at radius 3 is 2.78 bits per heavy atom. The van der Waals surface area contributed by atoms with Crippen LogP contribution in [0.15, 0.2) is 29.3 Å². The summed E-state index contributed by atoms with van der Waals surface area (Å²) in [4.78, 5) is 9.95. The van der Waals surface area contributed by atoms with Crippen molar-refractivity contribution in [2.24, 2.45) is 4.99 Å². The van der Waals surface area contributed by atoms with Gasteiger partial charge in [0.15, 0.2) is 5.96 Å². The van der Waals surface area contributed by atoms with Crippen LogP contribution in [0.1, 0.15) is 21.1 Å². The second-order valence-corrected chi connectivity index (χ2v) is 6.48. The zero-order chi connectivity index (χ0) is 16.7. The number of aryl methyl sites for hydroxylation is 2. The van der Waals surface area contributed by atoms with Crippen molar-refractivity contribution in [3.8, 4) is 5.75 Å². The molecular formula is C17H24N4OS. The third-order valence-corrected chi connectivity index (χ3v) is 4.55. The Balaban J connectivity index is 1.80. The molecule has 1 aromatic carbocycles. The number of methoxy groups -OCH3 is 1. The average Bonchev–Trinajstić information content (AvgIpc) is 2.88. The number of ether oxygens (including phenoxy) is 1. The van der Waals surface area contributed by atoms with Crippen molar-refractivity contribution < 1.29 is 4.74 Å². The van der Waals surface area contributed by atoms with Crippen molar-refractivity contribution in [3.05, 3.63) is 45.4 Å². The van der Waals surface area contributed by atoms with E-state index in [4.69, 9.17) is 4.74 Å². The highest BCUT2D eigenvalue weighted by Crippen LogP contribution is 2.16. The molecule has 0 saturated carbocycles. The molecule has 0 unspecified atom stereocenters. The molecule has 0 bridgehead atoms. The molecule has 2 rings (SSSR count). The molecule has 2 N–H and O–H groups in total. The van der Waals surface area contributed by atoms with Gasteiger partial charge in [-0.05, 0) is 38.0 Å². The molecule has 0 spiro atoms. The van der Waals surface area contributed by atoms with E-state index in [9.17, 15) is 0 Å². The second kappa shape index (κ2) is 8.53. The first-order chi connectivity index (χ1) is 11.1. The molecule has 0 radical (unpaired) electrons. The maximum Gasteiger partial charge on any atom is 0.191 e. The van der Waals surface area contributed by atoms with Crippen LogP contribution in [0, 0.1) is 13.8 Å². The van der Waals surface area contributed by atoms with E-state index in [1.165, 1.54) is 10.4 Å². The van der Waals surface area contributed by atoms with Crippen molar-refractivity contribution in [1.82, 2.24) is 15.6 Å². The molecule has 0 amide bonds. The summed E-state index contributed by atoms with van der Waals surface area (Å²) in [6, 6.07) is 8.12. The van der Waals surface area contributed by atoms with Gasteiger partial charge in [-0.2, -0.15) is 0 Å². The molecule has 1 aromatic heterocycles. The fourth-order valence-corrected chi connectivity index (χ4v) is 3.15. The minimum Gasteiger partial charge on any atom is -0.497 e. The highest BCUT2D eigenvalue weighted by atomic mass is 32.1. The van der Waals surface area contributed by atoms with Crippen LogP contribution in [0.25, 0.3) is 0 Å². The lowest BCUT2D eigenvalue weighted by Crippen LogP contribution is -2.37. The molecule has 0 atom stereocenters. The average molecular weight is 332 g/mol. The van der Waals surface area contributed by atoms with Gasteiger partial charge in [-0.15, -0.1) is 11.3 Å². The van der Waals surface area contributed by atoms with Crippen LogP contribution in [-0.4, -0.2) is 31.6 Å². The van der Waals surface area contributed by atoms with Crippen LogP contribution in [0.3, 0.4) is 0 Å². The van der Waals surface area contributed by atoms with Crippen LogP contribution < -0.4 is 15.4 Å². The number of hydrogen-bond acceptors (Lipinski definition) is 4. The van der Waals surface area contributed by atoms with Crippen molar-refractivity contribution in [3.63, 3.8) is 0 Å². The smallest absolute Gasteiger partial charge is 0.191 e. The SMILES string of the molecule is CN=C(NCCc1cccc(OC)c1)NCc1sc(C)nc1C. The quantitative estimate of drug-likeness (QED) is 0.631. The van der Waals surface area contributed by atoms with Gasteiger partial charge in [-0.1, -0.05) is 12.1 Å². The molecule has 1 heterocycles. The van der Waals surface area contributed by atoms with Gasteiger partial charge in [-0.3, -0.25) is 4.99 Å². The molecule has 2 aromatic rings. The summed E-state index contributed by atoms with van der Waals surface area (Å²) in [6.45, 7) is 5.63. The maximum absolute atomic E-state index is 5.24. The van der Waals surface area contributed by atoms with Gasteiger partial charge in [0.2, 0.25) is 0 Å². The van der Waals surface area contributed by atoms with Crippen LogP contribution in [0.5, 0.6) is 5.75 Å². The molecule has 0 saturated heterocycles. The molecule has 0 aliphatic rings. The Morgan fingerprint density at radius 2 is 2.13 bits per heavy atom. The third kappa shape index (κ3) is 5.25. The number of aliphatic imine (C=N–C) groups is 1. The first-order valence-corrected chi connectivity index (χ1v) is 8.44. The van der Waals surface area contributed by atoms with Gasteiger partial charge < -0.3 is 15.4 Å². The minimum atomic E-state index is 0.746. The fraction of sp³-hybridized carbons (Fsp3) is 0.412. The Kier molecular flexibility index (Phi) is 6.40. The molecule has 6 heteroatoms. The zero-order valence-electron chi connectivity index (χ0n) is 14.1. The van der Waals surface area contributed by atoms with Gasteiger partial charge in [0.25, 0.3) is 0 Å². The largest absolute Gasteiger partial charge is 0.497 e. The number of nitrogens with one attached hydrogen (secondary N) is 2. The Hall–Kier alpha value is -2.08. The Bertz CT molecular complexity index is 666. The van der Waals surface area contributed by atoms with Crippen molar-refractivity contribution in [2.75, 3.05) is 20.7 Å². The lowest BCUT2D eigenvalue weighted by Gasteiger charge is -2.11. The molecule has 5 nitrogen and oxygen atoms in total. The summed E-state index contributed by atoms with van der Waals surface area (Å²) in [7, 11) is 3.47. The lowest BCUT2D eigenvalue weighted by molar-refractivity contribution is 0.414. The predicted molar refractivity (Wildman–Crippen MR) is 96.5 cm³/mol. The first kappa shape index (κ1) is 17.3. The molecule has 0 aliphatic heterocycles.